The molecule has 6 heteroatoms. The van der Waals surface area contributed by atoms with Crippen molar-refractivity contribution in [3.05, 3.63) is 37.1 Å². The molecule has 0 radical (unpaired) electrons. The van der Waals surface area contributed by atoms with Crippen LogP contribution in [0.25, 0.3) is 0 Å². The predicted molar refractivity (Wildman–Crippen MR) is 73.1 cm³/mol. The zero-order valence-corrected chi connectivity index (χ0v) is 11.4. The highest BCUT2D eigenvalue weighted by molar-refractivity contribution is 6.06. The van der Waals surface area contributed by atoms with E-state index in [0.29, 0.717) is 11.4 Å². The van der Waals surface area contributed by atoms with E-state index in [9.17, 15) is 9.59 Å². The minimum Gasteiger partial charge on any atom is -0.497 e. The first-order valence-corrected chi connectivity index (χ1v) is 5.89. The van der Waals surface area contributed by atoms with Gasteiger partial charge in [-0.15, -0.1) is 0 Å². The molecule has 0 aliphatic carbocycles. The van der Waals surface area contributed by atoms with Gasteiger partial charge in [0.15, 0.2) is 11.8 Å². The number of benzene rings is 1. The van der Waals surface area contributed by atoms with Crippen LogP contribution in [0.2, 0.25) is 0 Å². The molecule has 0 bridgehead atoms. The van der Waals surface area contributed by atoms with Gasteiger partial charge in [-0.05, 0) is 31.2 Å². The molecule has 0 saturated heterocycles. The van der Waals surface area contributed by atoms with Gasteiger partial charge in [0.1, 0.15) is 12.4 Å². The van der Waals surface area contributed by atoms with Crippen molar-refractivity contribution >= 4 is 17.3 Å². The highest BCUT2D eigenvalue weighted by atomic mass is 16.5. The van der Waals surface area contributed by atoms with Crippen molar-refractivity contribution < 1.29 is 19.1 Å². The van der Waals surface area contributed by atoms with Crippen molar-refractivity contribution in [3.63, 3.8) is 0 Å². The summed E-state index contributed by atoms with van der Waals surface area (Å²) >= 11 is 0. The van der Waals surface area contributed by atoms with Gasteiger partial charge in [-0.1, -0.05) is 6.58 Å². The first kappa shape index (κ1) is 15.6. The van der Waals surface area contributed by atoms with Crippen molar-refractivity contribution in [1.82, 2.24) is 0 Å². The molecule has 1 atom stereocenters. The first-order chi connectivity index (χ1) is 9.58. The quantitative estimate of drug-likeness (QED) is 0.415. The second kappa shape index (κ2) is 7.83. The summed E-state index contributed by atoms with van der Waals surface area (Å²) in [6.45, 7) is 4.35. The average Bonchev–Trinajstić information content (AvgIpc) is 2.45. The normalized spacial score (nSPS) is 11.9. The first-order valence-electron chi connectivity index (χ1n) is 5.89. The zero-order chi connectivity index (χ0) is 15.0. The number of hydrogen-bond acceptors (Lipinski definition) is 6. The number of rotatable bonds is 8. The van der Waals surface area contributed by atoms with Gasteiger partial charge in [0.25, 0.3) is 0 Å². The fourth-order valence-electron chi connectivity index (χ4n) is 1.37. The van der Waals surface area contributed by atoms with Crippen LogP contribution in [0.15, 0.2) is 47.3 Å². The Morgan fingerprint density at radius 1 is 1.35 bits per heavy atom. The van der Waals surface area contributed by atoms with Crippen molar-refractivity contribution in [2.75, 3.05) is 13.7 Å². The average molecular weight is 276 g/mol. The fourth-order valence-corrected chi connectivity index (χ4v) is 1.37. The number of carbonyl (C=O) groups excluding carboxylic acids is 2. The summed E-state index contributed by atoms with van der Waals surface area (Å²) in [5.74, 6) is -0.169. The summed E-state index contributed by atoms with van der Waals surface area (Å²) in [4.78, 5) is 23.1. The van der Waals surface area contributed by atoms with Crippen LogP contribution in [-0.4, -0.2) is 31.3 Å². The Balaban J connectivity index is 2.78. The third kappa shape index (κ3) is 4.64. The second-order valence-corrected chi connectivity index (χ2v) is 3.87. The van der Waals surface area contributed by atoms with E-state index >= 15 is 0 Å². The molecule has 20 heavy (non-hydrogen) atoms. The van der Waals surface area contributed by atoms with Crippen LogP contribution >= 0.6 is 0 Å². The maximum absolute atomic E-state index is 11.7. The van der Waals surface area contributed by atoms with Gasteiger partial charge in [-0.25, -0.2) is 0 Å². The van der Waals surface area contributed by atoms with E-state index < -0.39 is 11.8 Å². The second-order valence-electron chi connectivity index (χ2n) is 3.87. The molecule has 0 aliphatic rings. The molecule has 106 valence electrons. The monoisotopic (exact) mass is 276 g/mol. The van der Waals surface area contributed by atoms with Crippen LogP contribution in [-0.2, 0) is 14.3 Å². The van der Waals surface area contributed by atoms with E-state index in [1.807, 2.05) is 0 Å². The van der Waals surface area contributed by atoms with Gasteiger partial charge >= 0.3 is 0 Å². The van der Waals surface area contributed by atoms with Crippen LogP contribution in [0.5, 0.6) is 5.75 Å². The molecule has 1 aromatic carbocycles. The third-order valence-electron chi connectivity index (χ3n) is 2.39. The van der Waals surface area contributed by atoms with E-state index in [4.69, 9.17) is 9.47 Å². The highest BCUT2D eigenvalue weighted by Crippen LogP contribution is 2.18. The Hall–Kier alpha value is -2.50. The van der Waals surface area contributed by atoms with Crippen LogP contribution in [0.1, 0.15) is 6.92 Å². The van der Waals surface area contributed by atoms with Crippen LogP contribution < -0.4 is 4.74 Å². The Labute approximate surface area is 117 Å². The maximum atomic E-state index is 11.7. The van der Waals surface area contributed by atoms with Crippen LogP contribution in [0.3, 0.4) is 0 Å². The van der Waals surface area contributed by atoms with Crippen LogP contribution in [0.4, 0.5) is 5.69 Å². The number of ketones is 2. The molecular formula is C14H16N2O4. The molecule has 1 unspecified atom stereocenters. The largest absolute Gasteiger partial charge is 0.497 e. The highest BCUT2D eigenvalue weighted by Gasteiger charge is 2.22. The summed E-state index contributed by atoms with van der Waals surface area (Å²) < 4.78 is 9.76. The Kier molecular flexibility index (Phi) is 6.09. The lowest BCUT2D eigenvalue weighted by atomic mass is 10.1. The summed E-state index contributed by atoms with van der Waals surface area (Å²) in [6.07, 6.45) is 1.13. The van der Waals surface area contributed by atoms with Crippen molar-refractivity contribution in [3.8, 4) is 5.75 Å². The summed E-state index contributed by atoms with van der Waals surface area (Å²) in [6, 6.07) is 5.60. The van der Waals surface area contributed by atoms with Crippen molar-refractivity contribution in [2.45, 2.75) is 13.0 Å². The molecule has 0 aromatic heterocycles. The molecule has 0 fully saturated rings. The lowest BCUT2D eigenvalue weighted by molar-refractivity contribution is -0.129. The van der Waals surface area contributed by atoms with E-state index in [1.165, 1.54) is 6.92 Å². The van der Waals surface area contributed by atoms with Crippen molar-refractivity contribution in [2.24, 2.45) is 10.2 Å². The van der Waals surface area contributed by atoms with Crippen molar-refractivity contribution in [1.29, 1.82) is 0 Å². The van der Waals surface area contributed by atoms with E-state index in [1.54, 1.807) is 31.4 Å². The fraction of sp³-hybridized carbons (Fsp3) is 0.286. The predicted octanol–water partition coefficient (Wildman–Crippen LogP) is 2.47. The Bertz CT molecular complexity index is 508. The number of methoxy groups -OCH3 is 1. The van der Waals surface area contributed by atoms with Gasteiger partial charge < -0.3 is 9.47 Å². The number of nitrogens with zero attached hydrogens (tertiary/aromatic N) is 2. The topological polar surface area (TPSA) is 77.3 Å². The summed E-state index contributed by atoms with van der Waals surface area (Å²) in [7, 11) is 1.56. The van der Waals surface area contributed by atoms with Gasteiger partial charge in [-0.2, -0.15) is 10.2 Å². The minimum absolute atomic E-state index is 0.255. The summed E-state index contributed by atoms with van der Waals surface area (Å²) in [5.41, 5.74) is 0.523. The molecule has 0 spiro atoms. The summed E-state index contributed by atoms with van der Waals surface area (Å²) in [5, 5.41) is 7.65. The van der Waals surface area contributed by atoms with Gasteiger partial charge in [0.05, 0.1) is 19.1 Å². The van der Waals surface area contributed by atoms with E-state index in [2.05, 4.69) is 16.8 Å². The zero-order valence-electron chi connectivity index (χ0n) is 11.4. The molecule has 6 nitrogen and oxygen atoms in total. The Morgan fingerprint density at radius 3 is 2.50 bits per heavy atom. The SMILES string of the molecule is C=COCC(=O)C(N=Nc1ccc(OC)cc1)C(C)=O. The lowest BCUT2D eigenvalue weighted by Crippen LogP contribution is -2.29. The molecule has 0 amide bonds. The minimum atomic E-state index is -1.16. The van der Waals surface area contributed by atoms with E-state index in [-0.39, 0.29) is 12.4 Å². The molecule has 0 heterocycles. The molecule has 1 rings (SSSR count). The number of hydrogen-bond donors (Lipinski definition) is 0. The molecular weight excluding hydrogens is 260 g/mol. The molecule has 0 N–H and O–H groups in total. The van der Waals surface area contributed by atoms with Gasteiger partial charge in [0.2, 0.25) is 5.78 Å². The maximum Gasteiger partial charge on any atom is 0.203 e. The number of azo groups is 1. The number of Topliss-reactive ketones (excluding diaryl/α,β-unsaturated/α-hetero) is 2. The van der Waals surface area contributed by atoms with E-state index in [0.717, 1.165) is 6.26 Å². The molecule has 0 saturated carbocycles. The van der Waals surface area contributed by atoms with Crippen LogP contribution in [0, 0.1) is 0 Å². The molecule has 1 aromatic rings. The van der Waals surface area contributed by atoms with Gasteiger partial charge in [0, 0.05) is 0 Å². The number of ether oxygens (including phenoxy) is 2. The molecule has 0 aliphatic heterocycles. The standard InChI is InChI=1S/C14H16N2O4/c1-4-20-9-13(18)14(10(2)17)16-15-11-5-7-12(19-3)8-6-11/h4-8,14H,1,9H2,2-3H3. The van der Waals surface area contributed by atoms with Gasteiger partial charge in [-0.3, -0.25) is 9.59 Å². The smallest absolute Gasteiger partial charge is 0.203 e. The Morgan fingerprint density at radius 2 is 2.00 bits per heavy atom. The lowest BCUT2D eigenvalue weighted by Gasteiger charge is -2.06. The third-order valence-corrected chi connectivity index (χ3v) is 2.39. The number of carbonyl (C=O) groups is 2.